The van der Waals surface area contributed by atoms with E-state index in [2.05, 4.69) is 15.8 Å². The van der Waals surface area contributed by atoms with Crippen LogP contribution in [0.4, 0.5) is 13.2 Å². The second kappa shape index (κ2) is 8.73. The van der Waals surface area contributed by atoms with Crippen molar-refractivity contribution < 1.29 is 22.8 Å². The number of alkyl halides is 3. The van der Waals surface area contributed by atoms with E-state index in [1.807, 2.05) is 0 Å². The van der Waals surface area contributed by atoms with Crippen molar-refractivity contribution in [3.8, 4) is 5.69 Å². The zero-order valence-corrected chi connectivity index (χ0v) is 16.7. The standard InChI is InChI=1S/C21H23F3N4O2/c1-13-11-15(12-25-27-20(30)19(29)26-16-7-3-4-8-16)14(2)28(13)18-10-6-5-9-17(18)21(22,23)24/h5-6,9-12,16H,3-4,7-8H2,1-2H3,(H,26,29)(H,27,30)/b25-12-. The van der Waals surface area contributed by atoms with Crippen LogP contribution < -0.4 is 10.7 Å². The van der Waals surface area contributed by atoms with E-state index in [0.29, 0.717) is 17.0 Å². The summed E-state index contributed by atoms with van der Waals surface area (Å²) in [5.41, 5.74) is 3.07. The Kier molecular flexibility index (Phi) is 6.28. The molecule has 1 saturated carbocycles. The van der Waals surface area contributed by atoms with Crippen LogP contribution in [0.15, 0.2) is 35.4 Å². The lowest BCUT2D eigenvalue weighted by Crippen LogP contribution is -2.42. The Morgan fingerprint density at radius 1 is 1.13 bits per heavy atom. The van der Waals surface area contributed by atoms with Crippen molar-refractivity contribution in [3.63, 3.8) is 0 Å². The fourth-order valence-electron chi connectivity index (χ4n) is 3.73. The molecule has 1 aromatic heterocycles. The number of nitrogens with one attached hydrogen (secondary N) is 2. The van der Waals surface area contributed by atoms with E-state index in [0.717, 1.165) is 31.7 Å². The number of carbonyl (C=O) groups excluding carboxylic acids is 2. The van der Waals surface area contributed by atoms with Crippen LogP contribution >= 0.6 is 0 Å². The fraction of sp³-hybridized carbons (Fsp3) is 0.381. The highest BCUT2D eigenvalue weighted by Crippen LogP contribution is 2.35. The lowest BCUT2D eigenvalue weighted by atomic mass is 10.1. The van der Waals surface area contributed by atoms with Crippen molar-refractivity contribution in [3.05, 3.63) is 52.8 Å². The van der Waals surface area contributed by atoms with E-state index in [9.17, 15) is 22.8 Å². The molecule has 0 spiro atoms. The first kappa shape index (κ1) is 21.6. The van der Waals surface area contributed by atoms with Crippen LogP contribution in [0.3, 0.4) is 0 Å². The number of benzene rings is 1. The molecule has 0 unspecified atom stereocenters. The quantitative estimate of drug-likeness (QED) is 0.450. The third-order valence-electron chi connectivity index (χ3n) is 5.19. The minimum Gasteiger partial charge on any atom is -0.345 e. The molecule has 160 valence electrons. The lowest BCUT2D eigenvalue weighted by molar-refractivity contribution is -0.139. The van der Waals surface area contributed by atoms with Gasteiger partial charge in [0, 0.05) is 23.0 Å². The number of aryl methyl sites for hydroxylation is 1. The van der Waals surface area contributed by atoms with Gasteiger partial charge >= 0.3 is 18.0 Å². The third-order valence-corrected chi connectivity index (χ3v) is 5.19. The number of para-hydroxylation sites is 1. The van der Waals surface area contributed by atoms with Gasteiger partial charge in [-0.15, -0.1) is 0 Å². The zero-order chi connectivity index (χ0) is 21.9. The van der Waals surface area contributed by atoms with E-state index in [1.54, 1.807) is 26.0 Å². The Labute approximate surface area is 172 Å². The summed E-state index contributed by atoms with van der Waals surface area (Å²) in [5.74, 6) is -1.63. The van der Waals surface area contributed by atoms with Crippen molar-refractivity contribution in [1.29, 1.82) is 0 Å². The summed E-state index contributed by atoms with van der Waals surface area (Å²) in [6, 6.07) is 7.00. The maximum atomic E-state index is 13.4. The van der Waals surface area contributed by atoms with Crippen molar-refractivity contribution >= 4 is 18.0 Å². The number of hydrazone groups is 1. The van der Waals surface area contributed by atoms with E-state index in [4.69, 9.17) is 0 Å². The molecule has 0 bridgehead atoms. The van der Waals surface area contributed by atoms with Gasteiger partial charge in [-0.2, -0.15) is 18.3 Å². The summed E-state index contributed by atoms with van der Waals surface area (Å²) < 4.78 is 41.7. The first-order chi connectivity index (χ1) is 14.2. The van der Waals surface area contributed by atoms with Gasteiger partial charge in [0.2, 0.25) is 0 Å². The van der Waals surface area contributed by atoms with Gasteiger partial charge in [0.15, 0.2) is 0 Å². The van der Waals surface area contributed by atoms with Crippen LogP contribution in [0.1, 0.15) is 48.2 Å². The van der Waals surface area contributed by atoms with Gasteiger partial charge in [0.05, 0.1) is 17.5 Å². The van der Waals surface area contributed by atoms with Crippen LogP contribution in [0, 0.1) is 13.8 Å². The van der Waals surface area contributed by atoms with E-state index in [1.165, 1.54) is 22.9 Å². The summed E-state index contributed by atoms with van der Waals surface area (Å²) in [6.45, 7) is 3.35. The molecule has 0 aliphatic heterocycles. The molecule has 2 amide bonds. The monoisotopic (exact) mass is 420 g/mol. The van der Waals surface area contributed by atoms with Crippen molar-refractivity contribution in [2.24, 2.45) is 5.10 Å². The fourth-order valence-corrected chi connectivity index (χ4v) is 3.73. The van der Waals surface area contributed by atoms with E-state index in [-0.39, 0.29) is 11.7 Å². The molecule has 2 aromatic rings. The molecule has 9 heteroatoms. The number of carbonyl (C=O) groups is 2. The van der Waals surface area contributed by atoms with Gasteiger partial charge in [0.1, 0.15) is 0 Å². The van der Waals surface area contributed by atoms with Crippen LogP contribution in [0.25, 0.3) is 5.69 Å². The average Bonchev–Trinajstić information content (AvgIpc) is 3.29. The first-order valence-corrected chi connectivity index (χ1v) is 9.68. The van der Waals surface area contributed by atoms with Crippen LogP contribution in [0.5, 0.6) is 0 Å². The predicted molar refractivity (Wildman–Crippen MR) is 106 cm³/mol. The van der Waals surface area contributed by atoms with Crippen LogP contribution in [-0.2, 0) is 15.8 Å². The first-order valence-electron chi connectivity index (χ1n) is 9.68. The highest BCUT2D eigenvalue weighted by molar-refractivity contribution is 6.35. The third kappa shape index (κ3) is 4.72. The zero-order valence-electron chi connectivity index (χ0n) is 16.7. The van der Waals surface area contributed by atoms with Crippen LogP contribution in [-0.4, -0.2) is 28.6 Å². The molecule has 0 radical (unpaired) electrons. The number of hydrogen-bond donors (Lipinski definition) is 2. The molecule has 0 atom stereocenters. The Hall–Kier alpha value is -3.10. The lowest BCUT2D eigenvalue weighted by Gasteiger charge is -2.16. The Morgan fingerprint density at radius 3 is 2.47 bits per heavy atom. The number of halogens is 3. The van der Waals surface area contributed by atoms with Crippen molar-refractivity contribution in [1.82, 2.24) is 15.3 Å². The molecule has 30 heavy (non-hydrogen) atoms. The minimum atomic E-state index is -4.49. The molecule has 3 rings (SSSR count). The van der Waals surface area contributed by atoms with Crippen molar-refractivity contribution in [2.75, 3.05) is 0 Å². The summed E-state index contributed by atoms with van der Waals surface area (Å²) in [5, 5.41) is 6.45. The molecule has 1 aliphatic carbocycles. The molecule has 1 aliphatic rings. The van der Waals surface area contributed by atoms with Gasteiger partial charge < -0.3 is 9.88 Å². The summed E-state index contributed by atoms with van der Waals surface area (Å²) in [6.07, 6.45) is 0.585. The van der Waals surface area contributed by atoms with Gasteiger partial charge in [-0.1, -0.05) is 25.0 Å². The van der Waals surface area contributed by atoms with Gasteiger partial charge in [-0.3, -0.25) is 9.59 Å². The molecule has 1 fully saturated rings. The second-order valence-corrected chi connectivity index (χ2v) is 7.33. The van der Waals surface area contributed by atoms with Gasteiger partial charge in [0.25, 0.3) is 0 Å². The normalized spacial score (nSPS) is 15.0. The maximum Gasteiger partial charge on any atom is 0.418 e. The molecule has 1 aromatic carbocycles. The maximum absolute atomic E-state index is 13.4. The van der Waals surface area contributed by atoms with Gasteiger partial charge in [-0.05, 0) is 44.9 Å². The molecule has 0 saturated heterocycles. The Bertz CT molecular complexity index is 973. The molecular formula is C21H23F3N4O2. The predicted octanol–water partition coefficient (Wildman–Crippen LogP) is 3.62. The molecular weight excluding hydrogens is 397 g/mol. The number of nitrogens with zero attached hydrogens (tertiary/aromatic N) is 2. The minimum absolute atomic E-state index is 0.0135. The Morgan fingerprint density at radius 2 is 1.80 bits per heavy atom. The highest BCUT2D eigenvalue weighted by Gasteiger charge is 2.34. The topological polar surface area (TPSA) is 75.5 Å². The summed E-state index contributed by atoms with van der Waals surface area (Å²) in [4.78, 5) is 23.8. The van der Waals surface area contributed by atoms with Crippen LogP contribution in [0.2, 0.25) is 0 Å². The van der Waals surface area contributed by atoms with Gasteiger partial charge in [-0.25, -0.2) is 5.43 Å². The largest absolute Gasteiger partial charge is 0.418 e. The second-order valence-electron chi connectivity index (χ2n) is 7.33. The number of rotatable bonds is 4. The number of aromatic nitrogens is 1. The van der Waals surface area contributed by atoms with Crippen molar-refractivity contribution in [2.45, 2.75) is 51.7 Å². The smallest absolute Gasteiger partial charge is 0.345 e. The molecule has 6 nitrogen and oxygen atoms in total. The Balaban J connectivity index is 1.75. The average molecular weight is 420 g/mol. The summed E-state index contributed by atoms with van der Waals surface area (Å²) in [7, 11) is 0. The number of hydrogen-bond acceptors (Lipinski definition) is 3. The highest BCUT2D eigenvalue weighted by atomic mass is 19.4. The van der Waals surface area contributed by atoms with E-state index >= 15 is 0 Å². The molecule has 1 heterocycles. The SMILES string of the molecule is Cc1cc(/C=N\NC(=O)C(=O)NC2CCCC2)c(C)n1-c1ccccc1C(F)(F)F. The van der Waals surface area contributed by atoms with E-state index < -0.39 is 23.6 Å². The molecule has 2 N–H and O–H groups in total. The number of amides is 2. The summed E-state index contributed by atoms with van der Waals surface area (Å²) >= 11 is 0.